The Morgan fingerprint density at radius 2 is 1.44 bits per heavy atom. The van der Waals surface area contributed by atoms with E-state index >= 15 is 0 Å². The molecule has 0 aliphatic heterocycles. The Morgan fingerprint density at radius 1 is 0.944 bits per heavy atom. The number of nitrogens with zero attached hydrogens (tertiary/aromatic N) is 1. The smallest absolute Gasteiger partial charge is 0.0745 e. The summed E-state index contributed by atoms with van der Waals surface area (Å²) in [5, 5.41) is 2.58. The Kier molecular flexibility index (Phi) is 2.76. The molecule has 2 N–H and O–H groups in total. The van der Waals surface area contributed by atoms with Crippen LogP contribution in [0.15, 0.2) is 48.5 Å². The molecule has 90 valence electrons. The largest absolute Gasteiger partial charge is 0.393 e. The Hall–Kier alpha value is -1.87. The van der Waals surface area contributed by atoms with Gasteiger partial charge in [0.1, 0.15) is 0 Å². The van der Waals surface area contributed by atoms with Crippen molar-refractivity contribution in [2.45, 2.75) is 13.0 Å². The summed E-state index contributed by atoms with van der Waals surface area (Å²) in [4.78, 5) is 0.567. The molecule has 0 fully saturated rings. The zero-order chi connectivity index (χ0) is 12.5. The van der Waals surface area contributed by atoms with Crippen molar-refractivity contribution in [3.8, 4) is 0 Å². The molecular weight excluding hydrogens is 240 g/mol. The molecule has 0 atom stereocenters. The van der Waals surface area contributed by atoms with Gasteiger partial charge in [-0.15, -0.1) is 0 Å². The van der Waals surface area contributed by atoms with E-state index in [4.69, 9.17) is 18.0 Å². The van der Waals surface area contributed by atoms with Crippen LogP contribution in [-0.4, -0.2) is 9.56 Å². The maximum absolute atomic E-state index is 5.62. The molecule has 0 aliphatic carbocycles. The summed E-state index contributed by atoms with van der Waals surface area (Å²) in [6.45, 7) is 0.837. The first-order valence-electron chi connectivity index (χ1n) is 6.01. The molecule has 2 nitrogen and oxygen atoms in total. The molecule has 0 amide bonds. The van der Waals surface area contributed by atoms with E-state index in [0.717, 1.165) is 13.0 Å². The van der Waals surface area contributed by atoms with Crippen LogP contribution >= 0.6 is 12.2 Å². The van der Waals surface area contributed by atoms with Crippen molar-refractivity contribution in [2.75, 3.05) is 0 Å². The van der Waals surface area contributed by atoms with Crippen LogP contribution in [0.5, 0.6) is 0 Å². The first kappa shape index (κ1) is 11.2. The average Bonchev–Trinajstić information content (AvgIpc) is 2.71. The second kappa shape index (κ2) is 4.42. The maximum Gasteiger partial charge on any atom is 0.0745 e. The van der Waals surface area contributed by atoms with Gasteiger partial charge in [0.05, 0.1) is 4.99 Å². The monoisotopic (exact) mass is 254 g/mol. The summed E-state index contributed by atoms with van der Waals surface area (Å²) >= 11 is 4.98. The fourth-order valence-electron chi connectivity index (χ4n) is 2.47. The van der Waals surface area contributed by atoms with Gasteiger partial charge in [-0.05, 0) is 12.1 Å². The molecule has 18 heavy (non-hydrogen) atoms. The summed E-state index contributed by atoms with van der Waals surface area (Å²) in [5.74, 6) is 0. The first-order valence-corrected chi connectivity index (χ1v) is 6.42. The van der Waals surface area contributed by atoms with Gasteiger partial charge in [0.15, 0.2) is 0 Å². The molecule has 3 heteroatoms. The lowest BCUT2D eigenvalue weighted by Crippen LogP contribution is -2.11. The van der Waals surface area contributed by atoms with Crippen LogP contribution < -0.4 is 5.73 Å². The average molecular weight is 254 g/mol. The van der Waals surface area contributed by atoms with Gasteiger partial charge in [0, 0.05) is 34.8 Å². The molecule has 0 bridgehead atoms. The highest BCUT2D eigenvalue weighted by Gasteiger charge is 2.08. The van der Waals surface area contributed by atoms with Gasteiger partial charge >= 0.3 is 0 Å². The van der Waals surface area contributed by atoms with Crippen LogP contribution in [-0.2, 0) is 6.54 Å². The number of benzene rings is 2. The van der Waals surface area contributed by atoms with E-state index in [1.54, 1.807) is 0 Å². The molecule has 1 heterocycles. The van der Waals surface area contributed by atoms with E-state index < -0.39 is 0 Å². The van der Waals surface area contributed by atoms with Gasteiger partial charge in [0.25, 0.3) is 0 Å². The summed E-state index contributed by atoms with van der Waals surface area (Å²) < 4.78 is 2.30. The van der Waals surface area contributed by atoms with E-state index in [9.17, 15) is 0 Å². The third-order valence-corrected chi connectivity index (χ3v) is 3.47. The number of aryl methyl sites for hydroxylation is 1. The number of nitrogens with two attached hydrogens (primary N) is 1. The highest BCUT2D eigenvalue weighted by molar-refractivity contribution is 7.80. The highest BCUT2D eigenvalue weighted by Crippen LogP contribution is 2.28. The Bertz CT molecular complexity index is 674. The van der Waals surface area contributed by atoms with Gasteiger partial charge in [-0.25, -0.2) is 0 Å². The third-order valence-electron chi connectivity index (χ3n) is 3.26. The Labute approximate surface area is 111 Å². The standard InChI is InChI=1S/C15H14N2S/c16-15(18)9-10-17-13-7-3-1-5-11(13)12-6-2-4-8-14(12)17/h1-8H,9-10H2,(H2,16,18). The van der Waals surface area contributed by atoms with Crippen molar-refractivity contribution in [1.82, 2.24) is 4.57 Å². The van der Waals surface area contributed by atoms with Crippen LogP contribution in [0.25, 0.3) is 21.8 Å². The van der Waals surface area contributed by atoms with Crippen LogP contribution in [0.2, 0.25) is 0 Å². The lowest BCUT2D eigenvalue weighted by atomic mass is 10.2. The van der Waals surface area contributed by atoms with Gasteiger partial charge < -0.3 is 10.3 Å². The van der Waals surface area contributed by atoms with Crippen molar-refractivity contribution >= 4 is 39.0 Å². The quantitative estimate of drug-likeness (QED) is 0.726. The number of hydrogen-bond acceptors (Lipinski definition) is 1. The van der Waals surface area contributed by atoms with Gasteiger partial charge in [0.2, 0.25) is 0 Å². The SMILES string of the molecule is NC(=S)CCn1c2ccccc2c2ccccc21. The number of fused-ring (bicyclic) bond motifs is 3. The molecule has 0 aliphatic rings. The maximum atomic E-state index is 5.62. The number of hydrogen-bond donors (Lipinski definition) is 1. The predicted octanol–water partition coefficient (Wildman–Crippen LogP) is 3.47. The first-order chi connectivity index (χ1) is 8.77. The van der Waals surface area contributed by atoms with E-state index in [0.29, 0.717) is 4.99 Å². The predicted molar refractivity (Wildman–Crippen MR) is 80.8 cm³/mol. The van der Waals surface area contributed by atoms with Crippen LogP contribution in [0, 0.1) is 0 Å². The molecule has 3 rings (SSSR count). The second-order valence-corrected chi connectivity index (χ2v) is 4.93. The molecule has 0 unspecified atom stereocenters. The second-order valence-electron chi connectivity index (χ2n) is 4.40. The fraction of sp³-hybridized carbons (Fsp3) is 0.133. The molecule has 1 aromatic heterocycles. The topological polar surface area (TPSA) is 30.9 Å². The molecule has 2 aromatic carbocycles. The van der Waals surface area contributed by atoms with Gasteiger partial charge in [-0.2, -0.15) is 0 Å². The normalized spacial score (nSPS) is 11.1. The molecule has 3 aromatic rings. The lowest BCUT2D eigenvalue weighted by molar-refractivity contribution is 0.782. The summed E-state index contributed by atoms with van der Waals surface area (Å²) in [7, 11) is 0. The Balaban J connectivity index is 2.27. The minimum atomic E-state index is 0.567. The van der Waals surface area contributed by atoms with E-state index in [-0.39, 0.29) is 0 Å². The Morgan fingerprint density at radius 3 is 1.94 bits per heavy atom. The van der Waals surface area contributed by atoms with Crippen molar-refractivity contribution in [2.24, 2.45) is 5.73 Å². The highest BCUT2D eigenvalue weighted by atomic mass is 32.1. The fourth-order valence-corrected chi connectivity index (χ4v) is 2.56. The van der Waals surface area contributed by atoms with Gasteiger partial charge in [-0.3, -0.25) is 0 Å². The summed E-state index contributed by atoms with van der Waals surface area (Å²) in [6, 6.07) is 16.9. The van der Waals surface area contributed by atoms with Crippen molar-refractivity contribution in [3.05, 3.63) is 48.5 Å². The minimum Gasteiger partial charge on any atom is -0.393 e. The third kappa shape index (κ3) is 1.77. The minimum absolute atomic E-state index is 0.567. The number of rotatable bonds is 3. The zero-order valence-electron chi connectivity index (χ0n) is 9.97. The van der Waals surface area contributed by atoms with Crippen molar-refractivity contribution in [3.63, 3.8) is 0 Å². The van der Waals surface area contributed by atoms with Crippen LogP contribution in [0.3, 0.4) is 0 Å². The molecule has 0 saturated carbocycles. The zero-order valence-corrected chi connectivity index (χ0v) is 10.8. The van der Waals surface area contributed by atoms with Crippen molar-refractivity contribution < 1.29 is 0 Å². The molecule has 0 saturated heterocycles. The molecule has 0 radical (unpaired) electrons. The van der Waals surface area contributed by atoms with E-state index in [1.165, 1.54) is 21.8 Å². The lowest BCUT2D eigenvalue weighted by Gasteiger charge is -2.06. The number of para-hydroxylation sites is 2. The van der Waals surface area contributed by atoms with Crippen LogP contribution in [0.1, 0.15) is 6.42 Å². The van der Waals surface area contributed by atoms with Crippen molar-refractivity contribution in [1.29, 1.82) is 0 Å². The summed E-state index contributed by atoms with van der Waals surface area (Å²) in [5.41, 5.74) is 8.11. The van der Waals surface area contributed by atoms with Gasteiger partial charge in [-0.1, -0.05) is 48.6 Å². The van der Waals surface area contributed by atoms with E-state index in [2.05, 4.69) is 53.1 Å². The molecule has 0 spiro atoms. The van der Waals surface area contributed by atoms with Crippen LogP contribution in [0.4, 0.5) is 0 Å². The number of aromatic nitrogens is 1. The summed E-state index contributed by atoms with van der Waals surface area (Å²) in [6.07, 6.45) is 0.734. The van der Waals surface area contributed by atoms with E-state index in [1.807, 2.05) is 0 Å². The number of thiocarbonyl (C=S) groups is 1. The molecular formula is C15H14N2S.